The summed E-state index contributed by atoms with van der Waals surface area (Å²) < 4.78 is 13.2. The van der Waals surface area contributed by atoms with Crippen molar-refractivity contribution in [1.29, 1.82) is 0 Å². The molecule has 4 aromatic rings. The fourth-order valence-electron chi connectivity index (χ4n) is 3.64. The lowest BCUT2D eigenvalue weighted by molar-refractivity contribution is -0.0312. The molecular formula is C24H23ClN4O2. The number of imidazole rings is 1. The van der Waals surface area contributed by atoms with Gasteiger partial charge in [-0.2, -0.15) is 0 Å². The number of rotatable bonds is 7. The Morgan fingerprint density at radius 3 is 2.61 bits per heavy atom. The van der Waals surface area contributed by atoms with Gasteiger partial charge in [-0.05, 0) is 60.5 Å². The van der Waals surface area contributed by atoms with Crippen molar-refractivity contribution in [3.63, 3.8) is 0 Å². The lowest BCUT2D eigenvalue weighted by Crippen LogP contribution is -2.29. The van der Waals surface area contributed by atoms with Gasteiger partial charge in [-0.25, -0.2) is 4.98 Å². The van der Waals surface area contributed by atoms with Crippen molar-refractivity contribution in [2.75, 3.05) is 18.5 Å². The Kier molecular flexibility index (Phi) is 5.49. The van der Waals surface area contributed by atoms with Crippen LogP contribution in [0, 0.1) is 5.92 Å². The molecule has 2 aromatic carbocycles. The minimum Gasteiger partial charge on any atom is -0.456 e. The summed E-state index contributed by atoms with van der Waals surface area (Å²) in [5, 5.41) is 4.07. The highest BCUT2D eigenvalue weighted by Crippen LogP contribution is 2.24. The number of hydrogen-bond acceptors (Lipinski definition) is 5. The largest absolute Gasteiger partial charge is 0.456 e. The summed E-state index contributed by atoms with van der Waals surface area (Å²) in [4.78, 5) is 9.22. The zero-order valence-corrected chi connectivity index (χ0v) is 18.0. The van der Waals surface area contributed by atoms with Crippen LogP contribution in [0.15, 0.2) is 60.8 Å². The normalized spacial score (nSPS) is 13.9. The Balaban J connectivity index is 1.23. The van der Waals surface area contributed by atoms with Crippen molar-refractivity contribution >= 4 is 28.6 Å². The van der Waals surface area contributed by atoms with Gasteiger partial charge in [0.2, 0.25) is 5.95 Å². The number of anilines is 1. The number of aromatic nitrogens is 3. The highest BCUT2D eigenvalue weighted by Gasteiger charge is 2.19. The van der Waals surface area contributed by atoms with Crippen molar-refractivity contribution < 1.29 is 9.47 Å². The second-order valence-corrected chi connectivity index (χ2v) is 8.26. The molecule has 0 saturated carbocycles. The standard InChI is InChI=1S/C24H23ClN4O2/c1-29-23-11-16(10-17-14-30-15-17)2-9-22(23)28-24(29)27-12-19-5-8-21(13-26-19)31-20-6-3-18(25)4-7-20/h2-9,11,13,17H,10,12,14-15H2,1H3,(H,27,28). The summed E-state index contributed by atoms with van der Waals surface area (Å²) >= 11 is 5.91. The SMILES string of the molecule is Cn1c(NCc2ccc(Oc3ccc(Cl)cc3)cn2)nc2ccc(CC3COC3)cc21. The zero-order chi connectivity index (χ0) is 21.2. The maximum absolute atomic E-state index is 5.91. The second-order valence-electron chi connectivity index (χ2n) is 7.82. The van der Waals surface area contributed by atoms with Crippen LogP contribution in [0.5, 0.6) is 11.5 Å². The van der Waals surface area contributed by atoms with Crippen LogP contribution in [0.4, 0.5) is 5.95 Å². The van der Waals surface area contributed by atoms with Crippen molar-refractivity contribution in [2.24, 2.45) is 13.0 Å². The van der Waals surface area contributed by atoms with Crippen molar-refractivity contribution in [2.45, 2.75) is 13.0 Å². The van der Waals surface area contributed by atoms with E-state index in [1.54, 1.807) is 18.3 Å². The van der Waals surface area contributed by atoms with Gasteiger partial charge in [-0.3, -0.25) is 4.98 Å². The molecule has 0 aliphatic carbocycles. The van der Waals surface area contributed by atoms with Crippen molar-refractivity contribution in [3.8, 4) is 11.5 Å². The van der Waals surface area contributed by atoms with Crippen LogP contribution in [0.25, 0.3) is 11.0 Å². The first-order valence-corrected chi connectivity index (χ1v) is 10.7. The molecule has 0 radical (unpaired) electrons. The number of pyridine rings is 1. The Labute approximate surface area is 185 Å². The van der Waals surface area contributed by atoms with E-state index in [1.807, 2.05) is 31.3 Å². The summed E-state index contributed by atoms with van der Waals surface area (Å²) in [6, 6.07) is 17.6. The van der Waals surface area contributed by atoms with E-state index >= 15 is 0 Å². The number of nitrogens with zero attached hydrogens (tertiary/aromatic N) is 3. The van der Waals surface area contributed by atoms with Crippen LogP contribution in [0.2, 0.25) is 5.02 Å². The average Bonchev–Trinajstić information content (AvgIpc) is 3.07. The first-order chi connectivity index (χ1) is 15.1. The molecule has 1 fully saturated rings. The van der Waals surface area contributed by atoms with Gasteiger partial charge in [0.15, 0.2) is 0 Å². The van der Waals surface area contributed by atoms with Gasteiger partial charge in [0.1, 0.15) is 11.5 Å². The monoisotopic (exact) mass is 434 g/mol. The van der Waals surface area contributed by atoms with Gasteiger partial charge < -0.3 is 19.4 Å². The maximum Gasteiger partial charge on any atom is 0.203 e. The third kappa shape index (κ3) is 4.50. The molecule has 1 aliphatic rings. The molecule has 0 amide bonds. The first-order valence-electron chi connectivity index (χ1n) is 10.3. The van der Waals surface area contributed by atoms with E-state index in [1.165, 1.54) is 5.56 Å². The van der Waals surface area contributed by atoms with Crippen LogP contribution in [0.3, 0.4) is 0 Å². The third-order valence-electron chi connectivity index (χ3n) is 5.45. The van der Waals surface area contributed by atoms with Gasteiger partial charge in [0.25, 0.3) is 0 Å². The van der Waals surface area contributed by atoms with E-state index in [4.69, 9.17) is 26.1 Å². The van der Waals surface area contributed by atoms with E-state index in [2.05, 4.69) is 33.1 Å². The van der Waals surface area contributed by atoms with Crippen LogP contribution in [-0.2, 0) is 24.8 Å². The summed E-state index contributed by atoms with van der Waals surface area (Å²) in [6.45, 7) is 2.31. The fourth-order valence-corrected chi connectivity index (χ4v) is 3.77. The fraction of sp³-hybridized carbons (Fsp3) is 0.250. The molecule has 31 heavy (non-hydrogen) atoms. The summed E-state index contributed by atoms with van der Waals surface area (Å²) in [7, 11) is 2.03. The van der Waals surface area contributed by atoms with Crippen molar-refractivity contribution in [1.82, 2.24) is 14.5 Å². The molecule has 5 rings (SSSR count). The highest BCUT2D eigenvalue weighted by molar-refractivity contribution is 6.30. The molecule has 1 aliphatic heterocycles. The second kappa shape index (κ2) is 8.57. The van der Waals surface area contributed by atoms with Gasteiger partial charge in [0, 0.05) is 18.0 Å². The number of fused-ring (bicyclic) bond motifs is 1. The molecule has 6 nitrogen and oxygen atoms in total. The Morgan fingerprint density at radius 1 is 1.10 bits per heavy atom. The summed E-state index contributed by atoms with van der Waals surface area (Å²) in [6.07, 6.45) is 2.77. The Bertz CT molecular complexity index is 1180. The van der Waals surface area contributed by atoms with Gasteiger partial charge in [-0.15, -0.1) is 0 Å². The molecule has 0 bridgehead atoms. The minimum atomic E-state index is 0.574. The number of halogens is 1. The van der Waals surface area contributed by atoms with Gasteiger partial charge in [-0.1, -0.05) is 17.7 Å². The van der Waals surface area contributed by atoms with Crippen LogP contribution in [0.1, 0.15) is 11.3 Å². The van der Waals surface area contributed by atoms with Gasteiger partial charge in [0.05, 0.1) is 42.7 Å². The van der Waals surface area contributed by atoms with Crippen LogP contribution >= 0.6 is 11.6 Å². The average molecular weight is 435 g/mol. The predicted molar refractivity (Wildman–Crippen MR) is 122 cm³/mol. The topological polar surface area (TPSA) is 61.2 Å². The zero-order valence-electron chi connectivity index (χ0n) is 17.2. The summed E-state index contributed by atoms with van der Waals surface area (Å²) in [5.41, 5.74) is 4.34. The lowest BCUT2D eigenvalue weighted by Gasteiger charge is -2.25. The third-order valence-corrected chi connectivity index (χ3v) is 5.70. The lowest BCUT2D eigenvalue weighted by atomic mass is 9.98. The van der Waals surface area contributed by atoms with E-state index in [-0.39, 0.29) is 0 Å². The number of hydrogen-bond donors (Lipinski definition) is 1. The van der Waals surface area contributed by atoms with Crippen molar-refractivity contribution in [3.05, 3.63) is 77.1 Å². The maximum atomic E-state index is 5.91. The van der Waals surface area contributed by atoms with E-state index in [9.17, 15) is 0 Å². The summed E-state index contributed by atoms with van der Waals surface area (Å²) in [5.74, 6) is 2.86. The molecule has 1 N–H and O–H groups in total. The van der Waals surface area contributed by atoms with E-state index in [0.717, 1.165) is 48.1 Å². The molecular weight excluding hydrogens is 412 g/mol. The van der Waals surface area contributed by atoms with Gasteiger partial charge >= 0.3 is 0 Å². The predicted octanol–water partition coefficient (Wildman–Crippen LogP) is 5.22. The van der Waals surface area contributed by atoms with E-state index in [0.29, 0.717) is 23.2 Å². The molecule has 1 saturated heterocycles. The molecule has 0 spiro atoms. The molecule has 3 heterocycles. The molecule has 0 atom stereocenters. The molecule has 0 unspecified atom stereocenters. The number of benzene rings is 2. The quantitative estimate of drug-likeness (QED) is 0.432. The molecule has 2 aromatic heterocycles. The highest BCUT2D eigenvalue weighted by atomic mass is 35.5. The first kappa shape index (κ1) is 19.8. The Morgan fingerprint density at radius 2 is 1.90 bits per heavy atom. The smallest absolute Gasteiger partial charge is 0.203 e. The number of nitrogens with one attached hydrogen (secondary N) is 1. The molecule has 158 valence electrons. The number of aryl methyl sites for hydroxylation is 1. The minimum absolute atomic E-state index is 0.574. The van der Waals surface area contributed by atoms with Crippen LogP contribution < -0.4 is 10.1 Å². The van der Waals surface area contributed by atoms with E-state index < -0.39 is 0 Å². The Hall–Kier alpha value is -3.09. The molecule has 7 heteroatoms. The van der Waals surface area contributed by atoms with Crippen LogP contribution in [-0.4, -0.2) is 27.7 Å². The number of ether oxygens (including phenoxy) is 2.